The molecule has 0 saturated carbocycles. The summed E-state index contributed by atoms with van der Waals surface area (Å²) in [4.78, 5) is 4.05. The van der Waals surface area contributed by atoms with E-state index in [0.29, 0.717) is 28.1 Å². The first kappa shape index (κ1) is 12.5. The molecule has 18 heavy (non-hydrogen) atoms. The number of anilines is 1. The lowest BCUT2D eigenvalue weighted by atomic mass is 10.2. The summed E-state index contributed by atoms with van der Waals surface area (Å²) in [6, 6.07) is 11.9. The number of rotatable bonds is 3. The van der Waals surface area contributed by atoms with E-state index < -0.39 is 0 Å². The summed E-state index contributed by atoms with van der Waals surface area (Å²) < 4.78 is 14.3. The van der Waals surface area contributed by atoms with Crippen molar-refractivity contribution < 1.29 is 4.39 Å². The molecule has 90 valence electrons. The van der Waals surface area contributed by atoms with Crippen LogP contribution in [0.2, 0.25) is 0 Å². The summed E-state index contributed by atoms with van der Waals surface area (Å²) in [6.07, 6.45) is 0. The number of pyridine rings is 1. The van der Waals surface area contributed by atoms with Crippen molar-refractivity contribution in [3.05, 3.63) is 57.9 Å². The fraction of sp³-hybridized carbons (Fsp3) is 0.0769. The van der Waals surface area contributed by atoms with Gasteiger partial charge in [0, 0.05) is 16.6 Å². The second kappa shape index (κ2) is 5.61. The maximum Gasteiger partial charge on any atom is 0.142 e. The fourth-order valence-electron chi connectivity index (χ4n) is 1.45. The predicted molar refractivity (Wildman–Crippen MR) is 70.4 cm³/mol. The predicted octanol–water partition coefficient (Wildman–Crippen LogP) is 3.47. The Balaban J connectivity index is 2.09. The van der Waals surface area contributed by atoms with E-state index in [1.165, 1.54) is 6.07 Å². The molecule has 0 amide bonds. The van der Waals surface area contributed by atoms with Crippen molar-refractivity contribution >= 4 is 21.7 Å². The molecule has 0 spiro atoms. The second-order valence-corrected chi connectivity index (χ2v) is 4.52. The van der Waals surface area contributed by atoms with Crippen molar-refractivity contribution in [3.63, 3.8) is 0 Å². The lowest BCUT2D eigenvalue weighted by Crippen LogP contribution is -2.03. The van der Waals surface area contributed by atoms with Gasteiger partial charge in [-0.15, -0.1) is 0 Å². The van der Waals surface area contributed by atoms with Crippen LogP contribution in [0.15, 0.2) is 40.9 Å². The molecule has 0 fully saturated rings. The van der Waals surface area contributed by atoms with Crippen LogP contribution in [-0.2, 0) is 6.54 Å². The number of hydrogen-bond donors (Lipinski definition) is 1. The van der Waals surface area contributed by atoms with Crippen LogP contribution >= 0.6 is 15.9 Å². The molecule has 0 atom stereocenters. The Labute approximate surface area is 112 Å². The first-order valence-corrected chi connectivity index (χ1v) is 6.03. The number of aromatic nitrogens is 1. The number of hydrogen-bond acceptors (Lipinski definition) is 3. The van der Waals surface area contributed by atoms with Crippen LogP contribution in [0.1, 0.15) is 11.3 Å². The van der Waals surface area contributed by atoms with Crippen LogP contribution in [0.5, 0.6) is 0 Å². The van der Waals surface area contributed by atoms with E-state index in [1.54, 1.807) is 30.3 Å². The number of halogens is 2. The van der Waals surface area contributed by atoms with E-state index in [-0.39, 0.29) is 5.82 Å². The summed E-state index contributed by atoms with van der Waals surface area (Å²) >= 11 is 3.20. The van der Waals surface area contributed by atoms with E-state index in [0.717, 1.165) is 0 Å². The topological polar surface area (TPSA) is 48.7 Å². The Bertz CT molecular complexity index is 607. The zero-order chi connectivity index (χ0) is 13.0. The maximum atomic E-state index is 13.6. The van der Waals surface area contributed by atoms with Gasteiger partial charge in [-0.1, -0.05) is 28.1 Å². The van der Waals surface area contributed by atoms with E-state index in [4.69, 9.17) is 5.26 Å². The smallest absolute Gasteiger partial charge is 0.142 e. The van der Waals surface area contributed by atoms with Gasteiger partial charge in [-0.05, 0) is 24.3 Å². The van der Waals surface area contributed by atoms with Gasteiger partial charge in [0.2, 0.25) is 0 Å². The summed E-state index contributed by atoms with van der Waals surface area (Å²) in [5.74, 6) is 0.268. The van der Waals surface area contributed by atoms with Gasteiger partial charge < -0.3 is 5.32 Å². The number of benzene rings is 1. The van der Waals surface area contributed by atoms with E-state index >= 15 is 0 Å². The minimum Gasteiger partial charge on any atom is -0.366 e. The van der Waals surface area contributed by atoms with Crippen molar-refractivity contribution in [1.82, 2.24) is 4.98 Å². The van der Waals surface area contributed by atoms with E-state index in [2.05, 4.69) is 26.2 Å². The van der Waals surface area contributed by atoms with Crippen molar-refractivity contribution in [2.45, 2.75) is 6.54 Å². The highest BCUT2D eigenvalue weighted by Crippen LogP contribution is 2.16. The molecule has 0 radical (unpaired) electrons. The molecule has 2 aromatic rings. The lowest BCUT2D eigenvalue weighted by molar-refractivity contribution is 0.612. The van der Waals surface area contributed by atoms with Gasteiger partial charge in [0.25, 0.3) is 0 Å². The Morgan fingerprint density at radius 2 is 2.17 bits per heavy atom. The molecule has 1 heterocycles. The Kier molecular flexibility index (Phi) is 3.90. The van der Waals surface area contributed by atoms with Gasteiger partial charge in [-0.3, -0.25) is 0 Å². The van der Waals surface area contributed by atoms with Crippen molar-refractivity contribution in [2.24, 2.45) is 0 Å². The zero-order valence-corrected chi connectivity index (χ0v) is 10.9. The maximum absolute atomic E-state index is 13.6. The zero-order valence-electron chi connectivity index (χ0n) is 9.32. The van der Waals surface area contributed by atoms with Crippen LogP contribution in [0.4, 0.5) is 10.2 Å². The average molecular weight is 306 g/mol. The van der Waals surface area contributed by atoms with Crippen LogP contribution < -0.4 is 5.32 Å². The SMILES string of the molecule is N#Cc1cccc(NCc2ccc(Br)cc2F)n1. The molecule has 5 heteroatoms. The molecule has 0 saturated heterocycles. The first-order chi connectivity index (χ1) is 8.69. The van der Waals surface area contributed by atoms with Gasteiger partial charge >= 0.3 is 0 Å². The molecule has 0 aliphatic heterocycles. The third kappa shape index (κ3) is 3.05. The Morgan fingerprint density at radius 3 is 2.89 bits per heavy atom. The minimum atomic E-state index is -0.284. The monoisotopic (exact) mass is 305 g/mol. The summed E-state index contributed by atoms with van der Waals surface area (Å²) in [5, 5.41) is 11.7. The van der Waals surface area contributed by atoms with Crippen molar-refractivity contribution in [1.29, 1.82) is 5.26 Å². The largest absolute Gasteiger partial charge is 0.366 e. The fourth-order valence-corrected chi connectivity index (χ4v) is 1.78. The summed E-state index contributed by atoms with van der Waals surface area (Å²) in [7, 11) is 0. The highest BCUT2D eigenvalue weighted by Gasteiger charge is 2.03. The van der Waals surface area contributed by atoms with Crippen LogP contribution in [0.3, 0.4) is 0 Å². The molecule has 0 aliphatic rings. The molecule has 0 unspecified atom stereocenters. The average Bonchev–Trinajstić information content (AvgIpc) is 2.38. The molecule has 1 aromatic carbocycles. The van der Waals surface area contributed by atoms with E-state index in [9.17, 15) is 4.39 Å². The molecule has 1 aromatic heterocycles. The van der Waals surface area contributed by atoms with Crippen LogP contribution in [0.25, 0.3) is 0 Å². The molecule has 1 N–H and O–H groups in total. The van der Waals surface area contributed by atoms with Gasteiger partial charge in [0.1, 0.15) is 23.4 Å². The minimum absolute atomic E-state index is 0.284. The molecule has 2 rings (SSSR count). The first-order valence-electron chi connectivity index (χ1n) is 5.24. The highest BCUT2D eigenvalue weighted by molar-refractivity contribution is 9.10. The molecular formula is C13H9BrFN3. The van der Waals surface area contributed by atoms with Crippen LogP contribution in [-0.4, -0.2) is 4.98 Å². The molecular weight excluding hydrogens is 297 g/mol. The van der Waals surface area contributed by atoms with Gasteiger partial charge in [0.05, 0.1) is 0 Å². The van der Waals surface area contributed by atoms with E-state index in [1.807, 2.05) is 6.07 Å². The quantitative estimate of drug-likeness (QED) is 0.944. The third-order valence-corrected chi connectivity index (χ3v) is 2.83. The Morgan fingerprint density at radius 1 is 1.33 bits per heavy atom. The normalized spacial score (nSPS) is 9.83. The lowest BCUT2D eigenvalue weighted by Gasteiger charge is -2.07. The van der Waals surface area contributed by atoms with Gasteiger partial charge in [-0.2, -0.15) is 5.26 Å². The van der Waals surface area contributed by atoms with Crippen molar-refractivity contribution in [3.8, 4) is 6.07 Å². The molecule has 0 aliphatic carbocycles. The van der Waals surface area contributed by atoms with Gasteiger partial charge in [0.15, 0.2) is 0 Å². The van der Waals surface area contributed by atoms with Crippen LogP contribution in [0, 0.1) is 17.1 Å². The van der Waals surface area contributed by atoms with Gasteiger partial charge in [-0.25, -0.2) is 9.37 Å². The number of nitriles is 1. The summed E-state index contributed by atoms with van der Waals surface area (Å²) in [5.41, 5.74) is 0.874. The highest BCUT2D eigenvalue weighted by atomic mass is 79.9. The standard InChI is InChI=1S/C13H9BrFN3/c14-10-5-4-9(12(15)6-10)8-17-13-3-1-2-11(7-16)18-13/h1-6H,8H2,(H,17,18). The molecule has 3 nitrogen and oxygen atoms in total. The number of nitrogens with zero attached hydrogens (tertiary/aromatic N) is 2. The molecule has 0 bridgehead atoms. The second-order valence-electron chi connectivity index (χ2n) is 3.61. The third-order valence-electron chi connectivity index (χ3n) is 2.34. The Hall–Kier alpha value is -1.93. The van der Waals surface area contributed by atoms with Crippen molar-refractivity contribution in [2.75, 3.05) is 5.32 Å². The number of nitrogens with one attached hydrogen (secondary N) is 1. The summed E-state index contributed by atoms with van der Waals surface area (Å²) in [6.45, 7) is 0.320.